The molecule has 9 nitrogen and oxygen atoms in total. The second kappa shape index (κ2) is 9.06. The van der Waals surface area contributed by atoms with Crippen molar-refractivity contribution in [2.75, 3.05) is 13.2 Å². The first-order valence-electron chi connectivity index (χ1n) is 8.55. The Bertz CT molecular complexity index is 597. The Morgan fingerprint density at radius 1 is 1.46 bits per heavy atom. The maximum Gasteiger partial charge on any atom is 0.435 e. The van der Waals surface area contributed by atoms with E-state index in [4.69, 9.17) is 9.47 Å². The molecule has 3 amide bonds. The quantitative estimate of drug-likeness (QED) is 0.620. The number of unbranched alkanes of at least 4 members (excludes halogenated alkanes) is 2. The first-order chi connectivity index (χ1) is 12.3. The molecule has 0 saturated carbocycles. The molecule has 4 atom stereocenters. The maximum absolute atomic E-state index is 14.1. The van der Waals surface area contributed by atoms with Crippen LogP contribution in [0.2, 0.25) is 0 Å². The molecule has 0 bridgehead atoms. The lowest BCUT2D eigenvalue weighted by Crippen LogP contribution is -2.51. The number of aliphatic hydroxyl groups excluding tert-OH is 2. The lowest BCUT2D eigenvalue weighted by molar-refractivity contribution is -0.0611. The van der Waals surface area contributed by atoms with Crippen LogP contribution in [-0.2, 0) is 9.47 Å². The molecule has 2 aliphatic heterocycles. The molecule has 1 fully saturated rings. The highest BCUT2D eigenvalue weighted by Gasteiger charge is 2.45. The lowest BCUT2D eigenvalue weighted by Gasteiger charge is -2.28. The molecule has 2 heterocycles. The van der Waals surface area contributed by atoms with Gasteiger partial charge >= 0.3 is 12.1 Å². The molecule has 10 heteroatoms. The number of amidine groups is 1. The van der Waals surface area contributed by atoms with Gasteiger partial charge in [0, 0.05) is 6.54 Å². The molecule has 0 aromatic carbocycles. The molecular formula is C16H24FN3O6. The number of nitrogens with zero attached hydrogens (tertiary/aromatic N) is 2. The summed E-state index contributed by atoms with van der Waals surface area (Å²) in [5, 5.41) is 21.9. The number of hydrogen-bond acceptors (Lipinski definition) is 6. The highest BCUT2D eigenvalue weighted by molar-refractivity contribution is 6.10. The zero-order chi connectivity index (χ0) is 19.3. The molecule has 26 heavy (non-hydrogen) atoms. The van der Waals surface area contributed by atoms with E-state index >= 15 is 0 Å². The van der Waals surface area contributed by atoms with Gasteiger partial charge in [0.15, 0.2) is 17.9 Å². The van der Waals surface area contributed by atoms with E-state index in [1.165, 1.54) is 0 Å². The van der Waals surface area contributed by atoms with Crippen molar-refractivity contribution in [2.45, 2.75) is 57.6 Å². The highest BCUT2D eigenvalue weighted by atomic mass is 19.1. The number of carbonyl (C=O) groups is 2. The van der Waals surface area contributed by atoms with Crippen LogP contribution in [0.4, 0.5) is 14.0 Å². The Labute approximate surface area is 150 Å². The first kappa shape index (κ1) is 20.3. The number of aliphatic hydroxyl groups is 2. The number of amides is 3. The number of urea groups is 1. The van der Waals surface area contributed by atoms with Crippen LogP contribution in [0.1, 0.15) is 33.1 Å². The molecule has 0 aromatic rings. The summed E-state index contributed by atoms with van der Waals surface area (Å²) in [4.78, 5) is 28.4. The van der Waals surface area contributed by atoms with Gasteiger partial charge in [0.1, 0.15) is 12.2 Å². The normalized spacial score (nSPS) is 30.8. The largest absolute Gasteiger partial charge is 0.448 e. The molecule has 2 aliphatic rings. The van der Waals surface area contributed by atoms with E-state index < -0.39 is 48.3 Å². The molecule has 0 spiro atoms. The maximum atomic E-state index is 14.1. The van der Waals surface area contributed by atoms with Gasteiger partial charge in [-0.05, 0) is 19.4 Å². The predicted molar refractivity (Wildman–Crippen MR) is 89.1 cm³/mol. The smallest absolute Gasteiger partial charge is 0.435 e. The highest BCUT2D eigenvalue weighted by Crippen LogP contribution is 2.25. The van der Waals surface area contributed by atoms with Crippen molar-refractivity contribution in [3.8, 4) is 0 Å². The summed E-state index contributed by atoms with van der Waals surface area (Å²) in [6.45, 7) is 3.47. The number of aliphatic imine (C=N–C) groups is 1. The average molecular weight is 373 g/mol. The summed E-state index contributed by atoms with van der Waals surface area (Å²) in [5.41, 5.74) is 0. The molecule has 0 unspecified atom stereocenters. The number of nitrogens with one attached hydrogen (secondary N) is 1. The SMILES string of the molecule is CCCCCOC(=O)/N=C1/NC(=O)N([C@@H]2O[C@H](C)[C@@H](O)[C@H]2O)CC=C1F. The van der Waals surface area contributed by atoms with Crippen LogP contribution in [0.25, 0.3) is 0 Å². The molecule has 1 saturated heterocycles. The zero-order valence-electron chi connectivity index (χ0n) is 14.7. The van der Waals surface area contributed by atoms with Crippen molar-refractivity contribution in [3.63, 3.8) is 0 Å². The number of ether oxygens (including phenoxy) is 2. The Hall–Kier alpha value is -2.04. The zero-order valence-corrected chi connectivity index (χ0v) is 14.7. The summed E-state index contributed by atoms with van der Waals surface area (Å²) in [6.07, 6.45) is -1.82. The Balaban J connectivity index is 2.03. The molecular weight excluding hydrogens is 349 g/mol. The first-order valence-corrected chi connectivity index (χ1v) is 8.55. The Kier molecular flexibility index (Phi) is 7.06. The van der Waals surface area contributed by atoms with Crippen LogP contribution in [0.3, 0.4) is 0 Å². The van der Waals surface area contributed by atoms with Crippen molar-refractivity contribution in [3.05, 3.63) is 11.9 Å². The van der Waals surface area contributed by atoms with E-state index in [0.717, 1.165) is 23.8 Å². The lowest BCUT2D eigenvalue weighted by atomic mass is 10.1. The van der Waals surface area contributed by atoms with E-state index in [-0.39, 0.29) is 13.2 Å². The van der Waals surface area contributed by atoms with Gasteiger partial charge in [-0.3, -0.25) is 10.2 Å². The minimum absolute atomic E-state index is 0.159. The van der Waals surface area contributed by atoms with Crippen LogP contribution in [0.5, 0.6) is 0 Å². The topological polar surface area (TPSA) is 121 Å². The van der Waals surface area contributed by atoms with E-state index in [2.05, 4.69) is 10.3 Å². The van der Waals surface area contributed by atoms with Crippen molar-refractivity contribution in [2.24, 2.45) is 4.99 Å². The summed E-state index contributed by atoms with van der Waals surface area (Å²) in [6, 6.07) is -0.822. The average Bonchev–Trinajstić information content (AvgIpc) is 2.76. The summed E-state index contributed by atoms with van der Waals surface area (Å²) in [5.74, 6) is -1.48. The van der Waals surface area contributed by atoms with Crippen LogP contribution >= 0.6 is 0 Å². The van der Waals surface area contributed by atoms with Gasteiger partial charge in [0.05, 0.1) is 12.7 Å². The number of halogens is 1. The molecule has 0 radical (unpaired) electrons. The van der Waals surface area contributed by atoms with E-state index in [1.807, 2.05) is 6.92 Å². The molecule has 146 valence electrons. The van der Waals surface area contributed by atoms with Crippen molar-refractivity contribution in [1.82, 2.24) is 10.2 Å². The van der Waals surface area contributed by atoms with Crippen molar-refractivity contribution < 1.29 is 33.7 Å². The monoisotopic (exact) mass is 373 g/mol. The number of rotatable bonds is 5. The predicted octanol–water partition coefficient (Wildman–Crippen LogP) is 1.06. The van der Waals surface area contributed by atoms with Crippen LogP contribution in [0.15, 0.2) is 16.9 Å². The third kappa shape index (κ3) is 4.77. The molecule has 3 N–H and O–H groups in total. The van der Waals surface area contributed by atoms with Gasteiger partial charge in [-0.1, -0.05) is 19.8 Å². The number of hydrogen-bond donors (Lipinski definition) is 3. The van der Waals surface area contributed by atoms with Crippen LogP contribution in [0, 0.1) is 0 Å². The molecule has 0 aliphatic carbocycles. The van der Waals surface area contributed by atoms with E-state index in [1.54, 1.807) is 6.92 Å². The third-order valence-corrected chi connectivity index (χ3v) is 4.14. The number of carbonyl (C=O) groups excluding carboxylic acids is 2. The summed E-state index contributed by atoms with van der Waals surface area (Å²) < 4.78 is 24.3. The summed E-state index contributed by atoms with van der Waals surface area (Å²) >= 11 is 0. The summed E-state index contributed by atoms with van der Waals surface area (Å²) in [7, 11) is 0. The van der Waals surface area contributed by atoms with Gasteiger partial charge in [0.2, 0.25) is 0 Å². The Morgan fingerprint density at radius 3 is 2.81 bits per heavy atom. The minimum Gasteiger partial charge on any atom is -0.448 e. The van der Waals surface area contributed by atoms with Gasteiger partial charge in [0.25, 0.3) is 0 Å². The minimum atomic E-state index is -1.34. The van der Waals surface area contributed by atoms with Gasteiger partial charge in [-0.15, -0.1) is 0 Å². The standard InChI is InChI=1S/C16H24FN3O6/c1-3-4-5-8-25-16(24)19-13-10(17)6-7-20(15(23)18-13)14-12(22)11(21)9(2)26-14/h6,9,11-12,14,21-22H,3-5,7-8H2,1-2H3,(H,18,19,23,24)/t9-,11-,12-,14-/m1/s1. The molecule has 0 aromatic heterocycles. The Morgan fingerprint density at radius 2 is 2.19 bits per heavy atom. The van der Waals surface area contributed by atoms with Crippen LogP contribution < -0.4 is 5.32 Å². The fourth-order valence-corrected chi connectivity index (χ4v) is 2.61. The fourth-order valence-electron chi connectivity index (χ4n) is 2.61. The van der Waals surface area contributed by atoms with Crippen molar-refractivity contribution >= 4 is 18.0 Å². The fraction of sp³-hybridized carbons (Fsp3) is 0.688. The van der Waals surface area contributed by atoms with Crippen molar-refractivity contribution in [1.29, 1.82) is 0 Å². The van der Waals surface area contributed by atoms with E-state index in [0.29, 0.717) is 6.42 Å². The van der Waals surface area contributed by atoms with E-state index in [9.17, 15) is 24.2 Å². The van der Waals surface area contributed by atoms with Gasteiger partial charge < -0.3 is 19.7 Å². The second-order valence-electron chi connectivity index (χ2n) is 6.13. The van der Waals surface area contributed by atoms with Crippen LogP contribution in [-0.4, -0.2) is 70.8 Å². The van der Waals surface area contributed by atoms with Gasteiger partial charge in [-0.25, -0.2) is 14.0 Å². The molecule has 2 rings (SSSR count). The second-order valence-corrected chi connectivity index (χ2v) is 6.13. The third-order valence-electron chi connectivity index (χ3n) is 4.14. The van der Waals surface area contributed by atoms with Gasteiger partial charge in [-0.2, -0.15) is 4.99 Å².